The van der Waals surface area contributed by atoms with Crippen molar-refractivity contribution in [1.29, 1.82) is 0 Å². The Hall–Kier alpha value is -1.55. The number of aryl methyl sites for hydroxylation is 2. The average molecular weight is 274 g/mol. The van der Waals surface area contributed by atoms with Crippen LogP contribution in [0.5, 0.6) is 0 Å². The van der Waals surface area contributed by atoms with Crippen molar-refractivity contribution in [2.75, 3.05) is 0 Å². The van der Waals surface area contributed by atoms with E-state index in [-0.39, 0.29) is 6.04 Å². The summed E-state index contributed by atoms with van der Waals surface area (Å²) in [6.45, 7) is 8.21. The monoisotopic (exact) mass is 274 g/mol. The van der Waals surface area contributed by atoms with Crippen LogP contribution >= 0.6 is 0 Å². The molecule has 1 unspecified atom stereocenters. The van der Waals surface area contributed by atoms with Crippen LogP contribution in [0.4, 0.5) is 0 Å². The number of hydrogen-bond donors (Lipinski definition) is 1. The normalized spacial score (nSPS) is 12.8. The van der Waals surface area contributed by atoms with Crippen molar-refractivity contribution < 1.29 is 0 Å². The standard InChI is InChI=1S/C16H26N4/c1-4-13(17)10-15-8-7-9-19(15)12-16-11-14(5-2)18-20(16)6-3/h7-9,11,13H,4-6,10,12,17H2,1-3H3. The van der Waals surface area contributed by atoms with E-state index < -0.39 is 0 Å². The molecule has 0 amide bonds. The lowest BCUT2D eigenvalue weighted by Crippen LogP contribution is -2.23. The topological polar surface area (TPSA) is 48.8 Å². The van der Waals surface area contributed by atoms with Crippen molar-refractivity contribution in [3.8, 4) is 0 Å². The maximum absolute atomic E-state index is 6.08. The third kappa shape index (κ3) is 3.31. The molecule has 0 saturated carbocycles. The zero-order chi connectivity index (χ0) is 14.5. The quantitative estimate of drug-likeness (QED) is 0.843. The van der Waals surface area contributed by atoms with Gasteiger partial charge >= 0.3 is 0 Å². The van der Waals surface area contributed by atoms with Crippen LogP contribution in [0.2, 0.25) is 0 Å². The SMILES string of the molecule is CCc1cc(Cn2cccc2CC(N)CC)n(CC)n1. The van der Waals surface area contributed by atoms with Gasteiger partial charge in [-0.25, -0.2) is 0 Å². The lowest BCUT2D eigenvalue weighted by molar-refractivity contribution is 0.573. The summed E-state index contributed by atoms with van der Waals surface area (Å²) in [5.74, 6) is 0. The molecule has 0 aliphatic rings. The molecule has 2 N–H and O–H groups in total. The molecule has 2 aromatic heterocycles. The Kier molecular flexibility index (Phi) is 5.01. The van der Waals surface area contributed by atoms with E-state index in [1.54, 1.807) is 0 Å². The third-order valence-corrected chi connectivity index (χ3v) is 3.83. The van der Waals surface area contributed by atoms with Crippen LogP contribution in [0.25, 0.3) is 0 Å². The second-order valence-electron chi connectivity index (χ2n) is 5.30. The van der Waals surface area contributed by atoms with E-state index in [4.69, 9.17) is 5.73 Å². The smallest absolute Gasteiger partial charge is 0.0642 e. The minimum atomic E-state index is 0.242. The van der Waals surface area contributed by atoms with Gasteiger partial charge in [0.05, 0.1) is 17.9 Å². The van der Waals surface area contributed by atoms with Gasteiger partial charge in [-0.2, -0.15) is 5.10 Å². The largest absolute Gasteiger partial charge is 0.345 e. The molecule has 110 valence electrons. The highest BCUT2D eigenvalue weighted by Gasteiger charge is 2.10. The highest BCUT2D eigenvalue weighted by Crippen LogP contribution is 2.12. The van der Waals surface area contributed by atoms with Crippen molar-refractivity contribution in [3.05, 3.63) is 41.5 Å². The van der Waals surface area contributed by atoms with Gasteiger partial charge in [0.1, 0.15) is 0 Å². The first kappa shape index (κ1) is 14.9. The molecule has 2 rings (SSSR count). The fourth-order valence-electron chi connectivity index (χ4n) is 2.47. The first-order chi connectivity index (χ1) is 9.67. The van der Waals surface area contributed by atoms with Gasteiger partial charge in [0.25, 0.3) is 0 Å². The summed E-state index contributed by atoms with van der Waals surface area (Å²) < 4.78 is 4.39. The zero-order valence-electron chi connectivity index (χ0n) is 12.8. The number of nitrogens with two attached hydrogens (primary N) is 1. The van der Waals surface area contributed by atoms with Crippen molar-refractivity contribution in [2.24, 2.45) is 5.73 Å². The van der Waals surface area contributed by atoms with Gasteiger partial charge in [-0.3, -0.25) is 4.68 Å². The molecule has 0 aliphatic heterocycles. The molecule has 1 atom stereocenters. The van der Waals surface area contributed by atoms with Crippen molar-refractivity contribution in [3.63, 3.8) is 0 Å². The maximum Gasteiger partial charge on any atom is 0.0642 e. The maximum atomic E-state index is 6.08. The predicted octanol–water partition coefficient (Wildman–Crippen LogP) is 2.60. The molecule has 0 aliphatic carbocycles. The van der Waals surface area contributed by atoms with Crippen LogP contribution in [-0.2, 0) is 25.9 Å². The molecule has 0 fully saturated rings. The molecule has 0 spiro atoms. The number of nitrogens with zero attached hydrogens (tertiary/aromatic N) is 3. The molecule has 0 aromatic carbocycles. The predicted molar refractivity (Wildman–Crippen MR) is 82.8 cm³/mol. The van der Waals surface area contributed by atoms with Gasteiger partial charge in [0, 0.05) is 30.9 Å². The van der Waals surface area contributed by atoms with Gasteiger partial charge in [0.15, 0.2) is 0 Å². The van der Waals surface area contributed by atoms with Gasteiger partial charge in [-0.1, -0.05) is 13.8 Å². The summed E-state index contributed by atoms with van der Waals surface area (Å²) in [6.07, 6.45) is 5.07. The minimum absolute atomic E-state index is 0.242. The third-order valence-electron chi connectivity index (χ3n) is 3.83. The summed E-state index contributed by atoms with van der Waals surface area (Å²) >= 11 is 0. The molecular formula is C16H26N4. The van der Waals surface area contributed by atoms with Crippen LogP contribution in [0.3, 0.4) is 0 Å². The average Bonchev–Trinajstić information content (AvgIpc) is 3.06. The van der Waals surface area contributed by atoms with Crippen molar-refractivity contribution in [2.45, 2.75) is 59.2 Å². The highest BCUT2D eigenvalue weighted by atomic mass is 15.3. The van der Waals surface area contributed by atoms with Gasteiger partial charge in [-0.15, -0.1) is 0 Å². The van der Waals surface area contributed by atoms with Crippen LogP contribution in [-0.4, -0.2) is 20.4 Å². The fourth-order valence-corrected chi connectivity index (χ4v) is 2.47. The first-order valence-electron chi connectivity index (χ1n) is 7.63. The lowest BCUT2D eigenvalue weighted by atomic mass is 10.1. The molecule has 4 nitrogen and oxygen atoms in total. The van der Waals surface area contributed by atoms with Crippen LogP contribution in [0, 0.1) is 0 Å². The molecule has 0 bridgehead atoms. The zero-order valence-corrected chi connectivity index (χ0v) is 12.8. The molecule has 2 heterocycles. The summed E-state index contributed by atoms with van der Waals surface area (Å²) in [7, 11) is 0. The Morgan fingerprint density at radius 1 is 1.25 bits per heavy atom. The molecule has 4 heteroatoms. The molecule has 0 radical (unpaired) electrons. The summed E-state index contributed by atoms with van der Waals surface area (Å²) in [4.78, 5) is 0. The Labute approximate surface area is 121 Å². The summed E-state index contributed by atoms with van der Waals surface area (Å²) in [5, 5.41) is 4.61. The molecule has 20 heavy (non-hydrogen) atoms. The van der Waals surface area contributed by atoms with Crippen molar-refractivity contribution >= 4 is 0 Å². The summed E-state index contributed by atoms with van der Waals surface area (Å²) in [6, 6.07) is 6.73. The highest BCUT2D eigenvalue weighted by molar-refractivity contribution is 5.15. The summed E-state index contributed by atoms with van der Waals surface area (Å²) in [5.41, 5.74) is 9.82. The minimum Gasteiger partial charge on any atom is -0.345 e. The van der Waals surface area contributed by atoms with Crippen LogP contribution < -0.4 is 5.73 Å². The van der Waals surface area contributed by atoms with E-state index in [2.05, 4.69) is 59.5 Å². The number of hydrogen-bond acceptors (Lipinski definition) is 2. The number of aromatic nitrogens is 3. The number of rotatable bonds is 7. The van der Waals surface area contributed by atoms with Gasteiger partial charge in [0.2, 0.25) is 0 Å². The Morgan fingerprint density at radius 2 is 2.05 bits per heavy atom. The van der Waals surface area contributed by atoms with E-state index in [1.807, 2.05) is 0 Å². The molecule has 2 aromatic rings. The van der Waals surface area contributed by atoms with E-state index in [9.17, 15) is 0 Å². The fraction of sp³-hybridized carbons (Fsp3) is 0.562. The second-order valence-corrected chi connectivity index (χ2v) is 5.30. The van der Waals surface area contributed by atoms with Gasteiger partial charge < -0.3 is 10.3 Å². The molecular weight excluding hydrogens is 248 g/mol. The van der Waals surface area contributed by atoms with Crippen molar-refractivity contribution in [1.82, 2.24) is 14.3 Å². The van der Waals surface area contributed by atoms with E-state index >= 15 is 0 Å². The van der Waals surface area contributed by atoms with E-state index in [0.29, 0.717) is 0 Å². The first-order valence-corrected chi connectivity index (χ1v) is 7.63. The molecule has 0 saturated heterocycles. The van der Waals surface area contributed by atoms with Crippen LogP contribution in [0.1, 0.15) is 44.3 Å². The second kappa shape index (κ2) is 6.75. The Bertz CT molecular complexity index is 538. The lowest BCUT2D eigenvalue weighted by Gasteiger charge is -2.13. The van der Waals surface area contributed by atoms with E-state index in [1.165, 1.54) is 17.1 Å². The van der Waals surface area contributed by atoms with Gasteiger partial charge in [-0.05, 0) is 38.0 Å². The van der Waals surface area contributed by atoms with Crippen LogP contribution in [0.15, 0.2) is 24.4 Å². The van der Waals surface area contributed by atoms with E-state index in [0.717, 1.165) is 32.4 Å². The Balaban J connectivity index is 2.17. The Morgan fingerprint density at radius 3 is 2.70 bits per heavy atom.